The molecule has 0 unspecified atom stereocenters. The van der Waals surface area contributed by atoms with Crippen LogP contribution in [0.25, 0.3) is 11.3 Å². The standard InChI is InChI=1S/C24H21FN4O4/c1-13-8-21(18(10-16(13)23(26)31)20-6-7-28(2)27-20)29-12-19(24(32)33)17(11-22(29)30)14-4-3-5-15(25)9-14/h3-10,12,17H,11H2,1-2H3,(H2,26,31)(H,32,33)/t17-/m0/s1. The number of amides is 2. The maximum absolute atomic E-state index is 13.8. The van der Waals surface area contributed by atoms with Gasteiger partial charge in [0.1, 0.15) is 5.82 Å². The van der Waals surface area contributed by atoms with Crippen LogP contribution in [-0.4, -0.2) is 32.7 Å². The molecular weight excluding hydrogens is 427 g/mol. The second-order valence-corrected chi connectivity index (χ2v) is 7.89. The molecule has 0 saturated carbocycles. The minimum Gasteiger partial charge on any atom is -0.478 e. The Morgan fingerprint density at radius 1 is 1.21 bits per heavy atom. The summed E-state index contributed by atoms with van der Waals surface area (Å²) < 4.78 is 15.3. The Morgan fingerprint density at radius 2 is 1.97 bits per heavy atom. The minimum atomic E-state index is -1.22. The molecule has 1 aromatic heterocycles. The number of rotatable bonds is 5. The van der Waals surface area contributed by atoms with Crippen LogP contribution in [0.4, 0.5) is 10.1 Å². The number of benzene rings is 2. The zero-order valence-electron chi connectivity index (χ0n) is 17.9. The highest BCUT2D eigenvalue weighted by atomic mass is 19.1. The number of aromatic nitrogens is 2. The van der Waals surface area contributed by atoms with Gasteiger partial charge in [0.25, 0.3) is 0 Å². The van der Waals surface area contributed by atoms with Crippen LogP contribution in [0.15, 0.2) is 60.4 Å². The molecule has 2 amide bonds. The Kier molecular flexibility index (Phi) is 5.55. The molecule has 1 aliphatic rings. The van der Waals surface area contributed by atoms with Gasteiger partial charge in [-0.05, 0) is 48.4 Å². The third-order valence-electron chi connectivity index (χ3n) is 5.65. The second-order valence-electron chi connectivity index (χ2n) is 7.89. The summed E-state index contributed by atoms with van der Waals surface area (Å²) in [5.41, 5.74) is 7.98. The molecule has 0 spiro atoms. The van der Waals surface area contributed by atoms with E-state index in [1.807, 2.05) is 0 Å². The number of aliphatic carboxylic acids is 1. The molecule has 3 N–H and O–H groups in total. The number of carbonyl (C=O) groups excluding carboxylic acids is 2. The summed E-state index contributed by atoms with van der Waals surface area (Å²) in [6.45, 7) is 1.68. The van der Waals surface area contributed by atoms with Crippen LogP contribution in [0.2, 0.25) is 0 Å². The molecule has 168 valence electrons. The van der Waals surface area contributed by atoms with E-state index in [9.17, 15) is 23.9 Å². The van der Waals surface area contributed by atoms with Gasteiger partial charge >= 0.3 is 5.97 Å². The third kappa shape index (κ3) is 4.12. The first-order chi connectivity index (χ1) is 15.7. The number of carboxylic acid groups (broad SMARTS) is 1. The number of hydrogen-bond donors (Lipinski definition) is 2. The van der Waals surface area contributed by atoms with Crippen LogP contribution in [0, 0.1) is 12.7 Å². The van der Waals surface area contributed by atoms with Crippen molar-refractivity contribution in [2.75, 3.05) is 4.90 Å². The van der Waals surface area contributed by atoms with Crippen LogP contribution < -0.4 is 10.6 Å². The van der Waals surface area contributed by atoms with Crippen molar-refractivity contribution in [1.29, 1.82) is 0 Å². The monoisotopic (exact) mass is 448 g/mol. The highest BCUT2D eigenvalue weighted by Gasteiger charge is 2.34. The van der Waals surface area contributed by atoms with E-state index in [1.54, 1.807) is 49.1 Å². The Morgan fingerprint density at radius 3 is 2.58 bits per heavy atom. The van der Waals surface area contributed by atoms with E-state index in [4.69, 9.17) is 5.73 Å². The number of carboxylic acids is 1. The van der Waals surface area contributed by atoms with Gasteiger partial charge in [-0.25, -0.2) is 9.18 Å². The van der Waals surface area contributed by atoms with E-state index in [2.05, 4.69) is 5.10 Å². The van der Waals surface area contributed by atoms with Crippen molar-refractivity contribution in [3.63, 3.8) is 0 Å². The van der Waals surface area contributed by atoms with Crippen LogP contribution in [0.3, 0.4) is 0 Å². The minimum absolute atomic E-state index is 0.0520. The van der Waals surface area contributed by atoms with Crippen molar-refractivity contribution in [3.8, 4) is 11.3 Å². The first-order valence-corrected chi connectivity index (χ1v) is 10.1. The van der Waals surface area contributed by atoms with Gasteiger partial charge in [-0.15, -0.1) is 0 Å². The summed E-state index contributed by atoms with van der Waals surface area (Å²) in [5, 5.41) is 14.2. The van der Waals surface area contributed by atoms with Crippen molar-refractivity contribution in [1.82, 2.24) is 9.78 Å². The summed E-state index contributed by atoms with van der Waals surface area (Å²) in [5.74, 6) is -3.54. The van der Waals surface area contributed by atoms with Gasteiger partial charge in [0, 0.05) is 42.9 Å². The Hall–Kier alpha value is -4.27. The molecule has 0 aliphatic carbocycles. The van der Waals surface area contributed by atoms with E-state index < -0.39 is 23.6 Å². The van der Waals surface area contributed by atoms with Gasteiger partial charge in [-0.1, -0.05) is 12.1 Å². The molecule has 0 fully saturated rings. The van der Waals surface area contributed by atoms with Crippen LogP contribution in [-0.2, 0) is 16.6 Å². The fraction of sp³-hybridized carbons (Fsp3) is 0.167. The van der Waals surface area contributed by atoms with Crippen molar-refractivity contribution < 1.29 is 23.9 Å². The smallest absolute Gasteiger partial charge is 0.333 e. The number of carbonyl (C=O) groups is 3. The fourth-order valence-electron chi connectivity index (χ4n) is 4.03. The molecule has 0 radical (unpaired) electrons. The molecule has 1 atom stereocenters. The number of hydrogen-bond acceptors (Lipinski definition) is 4. The van der Waals surface area contributed by atoms with Crippen molar-refractivity contribution in [2.45, 2.75) is 19.3 Å². The molecule has 3 aromatic rings. The summed E-state index contributed by atoms with van der Waals surface area (Å²) in [6, 6.07) is 10.4. The van der Waals surface area contributed by atoms with E-state index in [0.717, 1.165) is 0 Å². The molecule has 33 heavy (non-hydrogen) atoms. The van der Waals surface area contributed by atoms with E-state index in [0.29, 0.717) is 28.1 Å². The fourth-order valence-corrected chi connectivity index (χ4v) is 4.03. The lowest BCUT2D eigenvalue weighted by Gasteiger charge is -2.31. The SMILES string of the molecule is Cc1cc(N2C=C(C(=O)O)[C@H](c3cccc(F)c3)CC2=O)c(-c2ccn(C)n2)cc1C(N)=O. The second kappa shape index (κ2) is 8.34. The van der Waals surface area contributed by atoms with Gasteiger partial charge in [-0.2, -0.15) is 5.10 Å². The lowest BCUT2D eigenvalue weighted by Crippen LogP contribution is -2.35. The number of aryl methyl sites for hydroxylation is 2. The predicted molar refractivity (Wildman–Crippen MR) is 119 cm³/mol. The normalized spacial score (nSPS) is 16.0. The maximum Gasteiger partial charge on any atom is 0.333 e. The molecule has 0 bridgehead atoms. The summed E-state index contributed by atoms with van der Waals surface area (Å²) >= 11 is 0. The van der Waals surface area contributed by atoms with Crippen molar-refractivity contribution in [3.05, 3.63) is 82.9 Å². The number of anilines is 1. The van der Waals surface area contributed by atoms with Gasteiger partial charge < -0.3 is 10.8 Å². The Balaban J connectivity index is 1.89. The number of nitrogens with zero attached hydrogens (tertiary/aromatic N) is 3. The molecule has 2 heterocycles. The van der Waals surface area contributed by atoms with Gasteiger partial charge in [0.15, 0.2) is 0 Å². The highest BCUT2D eigenvalue weighted by molar-refractivity contribution is 6.06. The molecule has 0 saturated heterocycles. The number of nitrogens with two attached hydrogens (primary N) is 1. The van der Waals surface area contributed by atoms with Gasteiger partial charge in [0.2, 0.25) is 11.8 Å². The summed E-state index contributed by atoms with van der Waals surface area (Å²) in [6.07, 6.45) is 2.80. The first kappa shape index (κ1) is 21.9. The van der Waals surface area contributed by atoms with Crippen molar-refractivity contribution in [2.24, 2.45) is 12.8 Å². The zero-order chi connectivity index (χ0) is 23.9. The van der Waals surface area contributed by atoms with E-state index in [1.165, 1.54) is 29.3 Å². The lowest BCUT2D eigenvalue weighted by molar-refractivity contribution is -0.133. The van der Waals surface area contributed by atoms with E-state index in [-0.39, 0.29) is 23.5 Å². The summed E-state index contributed by atoms with van der Waals surface area (Å²) in [4.78, 5) is 38.5. The van der Waals surface area contributed by atoms with E-state index >= 15 is 0 Å². The summed E-state index contributed by atoms with van der Waals surface area (Å²) in [7, 11) is 1.73. The number of primary amides is 1. The molecule has 1 aliphatic heterocycles. The van der Waals surface area contributed by atoms with Crippen molar-refractivity contribution >= 4 is 23.5 Å². The predicted octanol–water partition coefficient (Wildman–Crippen LogP) is 3.12. The highest BCUT2D eigenvalue weighted by Crippen LogP contribution is 2.39. The van der Waals surface area contributed by atoms with Crippen LogP contribution >= 0.6 is 0 Å². The van der Waals surface area contributed by atoms with Crippen LogP contribution in [0.1, 0.15) is 33.8 Å². The molecule has 4 rings (SSSR count). The maximum atomic E-state index is 13.8. The molecular formula is C24H21FN4O4. The average molecular weight is 448 g/mol. The quantitative estimate of drug-likeness (QED) is 0.622. The molecule has 2 aromatic carbocycles. The third-order valence-corrected chi connectivity index (χ3v) is 5.65. The van der Waals surface area contributed by atoms with Crippen LogP contribution in [0.5, 0.6) is 0 Å². The van der Waals surface area contributed by atoms with Gasteiger partial charge in [0.05, 0.1) is 17.0 Å². The van der Waals surface area contributed by atoms with Gasteiger partial charge in [-0.3, -0.25) is 19.2 Å². The number of halogens is 1. The Labute approximate surface area is 188 Å². The average Bonchev–Trinajstić information content (AvgIpc) is 3.19. The molecule has 8 nitrogen and oxygen atoms in total. The first-order valence-electron chi connectivity index (χ1n) is 10.1. The Bertz CT molecular complexity index is 1330. The zero-order valence-corrected chi connectivity index (χ0v) is 17.9. The largest absolute Gasteiger partial charge is 0.478 e. The molecule has 9 heteroatoms. The lowest BCUT2D eigenvalue weighted by atomic mass is 9.85. The topological polar surface area (TPSA) is 119 Å².